The van der Waals surface area contributed by atoms with Crippen molar-refractivity contribution in [3.05, 3.63) is 76.5 Å². The molecule has 0 aliphatic carbocycles. The molecule has 0 spiro atoms. The number of carbonyl (C=O) groups is 2. The smallest absolute Gasteiger partial charge is 0.325 e. The van der Waals surface area contributed by atoms with Gasteiger partial charge in [-0.1, -0.05) is 17.7 Å². The fourth-order valence-electron chi connectivity index (χ4n) is 2.34. The zero-order valence-electron chi connectivity index (χ0n) is 14.6. The summed E-state index contributed by atoms with van der Waals surface area (Å²) in [6.45, 7) is 1.68. The fraction of sp³-hybridized carbons (Fsp3) is 0.150. The molecule has 1 amide bonds. The van der Waals surface area contributed by atoms with E-state index >= 15 is 0 Å². The van der Waals surface area contributed by atoms with Gasteiger partial charge in [-0.25, -0.2) is 9.37 Å². The second kappa shape index (κ2) is 8.55. The molecule has 138 valence electrons. The Hall–Kier alpha value is -3.06. The van der Waals surface area contributed by atoms with Crippen molar-refractivity contribution in [2.75, 3.05) is 6.54 Å². The van der Waals surface area contributed by atoms with Crippen molar-refractivity contribution in [3.8, 4) is 10.6 Å². The molecule has 0 saturated heterocycles. The lowest BCUT2D eigenvalue weighted by Gasteiger charge is -2.06. The molecule has 7 heteroatoms. The molecular formula is C20H17FN2O3S. The molecule has 0 bridgehead atoms. The van der Waals surface area contributed by atoms with Crippen LogP contribution in [0.4, 0.5) is 4.39 Å². The number of hydrogen-bond donors (Lipinski definition) is 1. The van der Waals surface area contributed by atoms with Gasteiger partial charge in [-0.2, -0.15) is 0 Å². The Morgan fingerprint density at radius 1 is 1.19 bits per heavy atom. The Labute approximate surface area is 159 Å². The van der Waals surface area contributed by atoms with E-state index < -0.39 is 5.97 Å². The average Bonchev–Trinajstić information content (AvgIpc) is 3.14. The second-order valence-corrected chi connectivity index (χ2v) is 6.72. The van der Waals surface area contributed by atoms with Gasteiger partial charge in [0.1, 0.15) is 24.0 Å². The molecule has 2 aromatic carbocycles. The van der Waals surface area contributed by atoms with E-state index in [1.54, 1.807) is 35.7 Å². The first kappa shape index (κ1) is 18.7. The van der Waals surface area contributed by atoms with Crippen LogP contribution in [0.5, 0.6) is 0 Å². The first-order valence-electron chi connectivity index (χ1n) is 8.22. The molecule has 0 atom stereocenters. The molecule has 1 heterocycles. The Bertz CT molecular complexity index is 954. The largest absolute Gasteiger partial charge is 0.458 e. The van der Waals surface area contributed by atoms with Crippen LogP contribution in [0.15, 0.2) is 53.9 Å². The molecule has 27 heavy (non-hydrogen) atoms. The highest BCUT2D eigenvalue weighted by molar-refractivity contribution is 7.13. The monoisotopic (exact) mass is 384 g/mol. The molecule has 1 aromatic heterocycles. The van der Waals surface area contributed by atoms with Crippen molar-refractivity contribution in [1.29, 1.82) is 0 Å². The normalized spacial score (nSPS) is 10.4. The van der Waals surface area contributed by atoms with Crippen LogP contribution in [0, 0.1) is 12.7 Å². The van der Waals surface area contributed by atoms with Crippen LogP contribution in [0.25, 0.3) is 10.6 Å². The van der Waals surface area contributed by atoms with Crippen LogP contribution in [0.1, 0.15) is 21.6 Å². The number of aromatic nitrogens is 1. The quantitative estimate of drug-likeness (QED) is 0.658. The summed E-state index contributed by atoms with van der Waals surface area (Å²) in [4.78, 5) is 28.2. The highest BCUT2D eigenvalue weighted by Gasteiger charge is 2.11. The van der Waals surface area contributed by atoms with Crippen LogP contribution in [0.2, 0.25) is 0 Å². The summed E-state index contributed by atoms with van der Waals surface area (Å²) in [5.74, 6) is -1.19. The van der Waals surface area contributed by atoms with Crippen molar-refractivity contribution in [2.24, 2.45) is 0 Å². The zero-order chi connectivity index (χ0) is 19.2. The number of carbonyl (C=O) groups excluding carboxylic acids is 2. The van der Waals surface area contributed by atoms with Crippen molar-refractivity contribution in [2.45, 2.75) is 13.5 Å². The number of thiazole rings is 1. The number of benzene rings is 2. The van der Waals surface area contributed by atoms with Crippen LogP contribution >= 0.6 is 11.3 Å². The third kappa shape index (κ3) is 5.21. The summed E-state index contributed by atoms with van der Waals surface area (Å²) in [6.07, 6.45) is 0. The molecule has 3 rings (SSSR count). The number of amides is 1. The predicted molar refractivity (Wildman–Crippen MR) is 101 cm³/mol. The number of hydrogen-bond acceptors (Lipinski definition) is 5. The standard InChI is InChI=1S/C20H17FN2O3S/c1-13-3-2-4-15(9-13)19(25)22-10-18(24)26-11-17-12-27-20(23-17)14-5-7-16(21)8-6-14/h2-9,12H,10-11H2,1H3,(H,22,25). The summed E-state index contributed by atoms with van der Waals surface area (Å²) in [6, 6.07) is 13.1. The highest BCUT2D eigenvalue weighted by Crippen LogP contribution is 2.24. The third-order valence-electron chi connectivity index (χ3n) is 3.70. The van der Waals surface area contributed by atoms with Gasteiger partial charge in [-0.05, 0) is 43.3 Å². The van der Waals surface area contributed by atoms with Gasteiger partial charge in [0.05, 0.1) is 5.69 Å². The zero-order valence-corrected chi connectivity index (χ0v) is 15.4. The van der Waals surface area contributed by atoms with Gasteiger partial charge >= 0.3 is 5.97 Å². The van der Waals surface area contributed by atoms with E-state index in [4.69, 9.17) is 4.74 Å². The number of nitrogens with one attached hydrogen (secondary N) is 1. The SMILES string of the molecule is Cc1cccc(C(=O)NCC(=O)OCc2csc(-c3ccc(F)cc3)n2)c1. The van der Waals surface area contributed by atoms with E-state index in [1.165, 1.54) is 23.5 Å². The molecule has 0 unspecified atom stereocenters. The van der Waals surface area contributed by atoms with Crippen molar-refractivity contribution >= 4 is 23.2 Å². The number of halogens is 1. The van der Waals surface area contributed by atoms with Gasteiger partial charge in [0.2, 0.25) is 0 Å². The summed E-state index contributed by atoms with van der Waals surface area (Å²) in [5, 5.41) is 5.02. The molecule has 1 N–H and O–H groups in total. The molecule has 3 aromatic rings. The molecule has 0 radical (unpaired) electrons. The van der Waals surface area contributed by atoms with E-state index in [-0.39, 0.29) is 24.9 Å². The molecule has 0 aliphatic heterocycles. The van der Waals surface area contributed by atoms with Crippen LogP contribution < -0.4 is 5.32 Å². The fourth-order valence-corrected chi connectivity index (χ4v) is 3.16. The van der Waals surface area contributed by atoms with Gasteiger partial charge in [0.15, 0.2) is 0 Å². The summed E-state index contributed by atoms with van der Waals surface area (Å²) in [5.41, 5.74) is 2.85. The summed E-state index contributed by atoms with van der Waals surface area (Å²) < 4.78 is 18.1. The van der Waals surface area contributed by atoms with Crippen molar-refractivity contribution in [3.63, 3.8) is 0 Å². The number of aryl methyl sites for hydroxylation is 1. The Kier molecular flexibility index (Phi) is 5.93. The lowest BCUT2D eigenvalue weighted by atomic mass is 10.1. The molecule has 0 fully saturated rings. The van der Waals surface area contributed by atoms with Crippen LogP contribution in [0.3, 0.4) is 0 Å². The number of esters is 1. The van der Waals surface area contributed by atoms with Gasteiger partial charge in [0.25, 0.3) is 5.91 Å². The van der Waals surface area contributed by atoms with Crippen molar-refractivity contribution in [1.82, 2.24) is 10.3 Å². The lowest BCUT2D eigenvalue weighted by Crippen LogP contribution is -2.30. The Morgan fingerprint density at radius 2 is 1.96 bits per heavy atom. The topological polar surface area (TPSA) is 68.3 Å². The van der Waals surface area contributed by atoms with E-state index in [0.717, 1.165) is 11.1 Å². The summed E-state index contributed by atoms with van der Waals surface area (Å²) >= 11 is 1.38. The second-order valence-electron chi connectivity index (χ2n) is 5.86. The molecule has 0 saturated carbocycles. The van der Waals surface area contributed by atoms with E-state index in [9.17, 15) is 14.0 Å². The first-order valence-corrected chi connectivity index (χ1v) is 9.10. The van der Waals surface area contributed by atoms with E-state index in [0.29, 0.717) is 16.3 Å². The third-order valence-corrected chi connectivity index (χ3v) is 4.64. The maximum Gasteiger partial charge on any atom is 0.325 e. The number of nitrogens with zero attached hydrogens (tertiary/aromatic N) is 1. The molecular weight excluding hydrogens is 367 g/mol. The maximum absolute atomic E-state index is 13.0. The van der Waals surface area contributed by atoms with Gasteiger partial charge < -0.3 is 10.1 Å². The predicted octanol–water partition coefficient (Wildman–Crippen LogP) is 3.73. The summed E-state index contributed by atoms with van der Waals surface area (Å²) in [7, 11) is 0. The maximum atomic E-state index is 13.0. The number of rotatable bonds is 6. The first-order chi connectivity index (χ1) is 13.0. The van der Waals surface area contributed by atoms with Gasteiger partial charge in [0, 0.05) is 16.5 Å². The number of ether oxygens (including phenoxy) is 1. The highest BCUT2D eigenvalue weighted by atomic mass is 32.1. The lowest BCUT2D eigenvalue weighted by molar-refractivity contribution is -0.143. The van der Waals surface area contributed by atoms with Gasteiger partial charge in [-0.3, -0.25) is 9.59 Å². The minimum Gasteiger partial charge on any atom is -0.458 e. The van der Waals surface area contributed by atoms with E-state index in [1.807, 2.05) is 13.0 Å². The van der Waals surface area contributed by atoms with Gasteiger partial charge in [-0.15, -0.1) is 11.3 Å². The van der Waals surface area contributed by atoms with Crippen LogP contribution in [-0.4, -0.2) is 23.4 Å². The van der Waals surface area contributed by atoms with E-state index in [2.05, 4.69) is 10.3 Å². The molecule has 0 aliphatic rings. The van der Waals surface area contributed by atoms with Crippen molar-refractivity contribution < 1.29 is 18.7 Å². The van der Waals surface area contributed by atoms with Crippen LogP contribution in [-0.2, 0) is 16.1 Å². The molecule has 5 nitrogen and oxygen atoms in total. The Balaban J connectivity index is 1.48. The Morgan fingerprint density at radius 3 is 2.70 bits per heavy atom. The minimum atomic E-state index is -0.549. The minimum absolute atomic E-state index is 0.0108. The average molecular weight is 384 g/mol.